The molecule has 0 aromatic carbocycles. The Bertz CT molecular complexity index is 454. The first-order valence-corrected chi connectivity index (χ1v) is 16.0. The van der Waals surface area contributed by atoms with E-state index in [0.29, 0.717) is 19.8 Å². The number of methoxy groups -OCH3 is 1. The van der Waals surface area contributed by atoms with Gasteiger partial charge < -0.3 is 23.1 Å². The van der Waals surface area contributed by atoms with Crippen LogP contribution in [0.4, 0.5) is 0 Å². The highest BCUT2D eigenvalue weighted by Crippen LogP contribution is 2.39. The number of hydrogen-bond donors (Lipinski definition) is 0. The van der Waals surface area contributed by atoms with Gasteiger partial charge in [0.05, 0.1) is 19.3 Å². The summed E-state index contributed by atoms with van der Waals surface area (Å²) in [6.45, 7) is 24.3. The quantitative estimate of drug-likeness (QED) is 0.554. The van der Waals surface area contributed by atoms with Crippen molar-refractivity contribution < 1.29 is 23.1 Å². The van der Waals surface area contributed by atoms with Crippen LogP contribution in [0.5, 0.6) is 0 Å². The molecule has 5 nitrogen and oxygen atoms in total. The largest absolute Gasteiger partial charge is 0.414 e. The van der Waals surface area contributed by atoms with Crippen LogP contribution in [0, 0.1) is 0 Å². The van der Waals surface area contributed by atoms with E-state index in [1.54, 1.807) is 7.11 Å². The average molecular weight is 421 g/mol. The maximum Gasteiger partial charge on any atom is 0.192 e. The van der Waals surface area contributed by atoms with Gasteiger partial charge in [0.15, 0.2) is 22.9 Å². The molecule has 0 aromatic rings. The molecular formula is C20H44O5Si2. The standard InChI is InChI=1S/C20H44O5Si2/c1-19(2,3)26(8,9)23-14-17-16(25-27(10,11)20(4,5)6)12-13-22-15-18(21-7)24-17/h16-18H,12-15H2,1-11H3/t16-,17+,18?/m0/s1. The fourth-order valence-electron chi connectivity index (χ4n) is 2.35. The minimum Gasteiger partial charge on any atom is -0.414 e. The van der Waals surface area contributed by atoms with Gasteiger partial charge in [0, 0.05) is 13.7 Å². The first-order chi connectivity index (χ1) is 12.1. The summed E-state index contributed by atoms with van der Waals surface area (Å²) < 4.78 is 30.7. The maximum atomic E-state index is 6.75. The zero-order valence-electron chi connectivity index (χ0n) is 19.6. The van der Waals surface area contributed by atoms with Crippen LogP contribution >= 0.6 is 0 Å². The molecular weight excluding hydrogens is 376 g/mol. The summed E-state index contributed by atoms with van der Waals surface area (Å²) in [7, 11) is -2.15. The van der Waals surface area contributed by atoms with Gasteiger partial charge in [-0.1, -0.05) is 41.5 Å². The van der Waals surface area contributed by atoms with Crippen molar-refractivity contribution in [2.24, 2.45) is 0 Å². The van der Waals surface area contributed by atoms with Crippen LogP contribution in [0.15, 0.2) is 0 Å². The van der Waals surface area contributed by atoms with E-state index < -0.39 is 16.6 Å². The normalized spacial score (nSPS) is 26.6. The van der Waals surface area contributed by atoms with Crippen LogP contribution in [0.25, 0.3) is 0 Å². The Morgan fingerprint density at radius 1 is 0.926 bits per heavy atom. The predicted molar refractivity (Wildman–Crippen MR) is 116 cm³/mol. The summed E-state index contributed by atoms with van der Waals surface area (Å²) in [5.74, 6) is 0. The molecule has 1 aliphatic heterocycles. The molecule has 0 radical (unpaired) electrons. The smallest absolute Gasteiger partial charge is 0.192 e. The summed E-state index contributed by atoms with van der Waals surface area (Å²) in [6.07, 6.45) is 0.230. The van der Waals surface area contributed by atoms with Gasteiger partial charge in [-0.05, 0) is 42.7 Å². The van der Waals surface area contributed by atoms with Crippen molar-refractivity contribution in [2.75, 3.05) is 26.9 Å². The van der Waals surface area contributed by atoms with E-state index >= 15 is 0 Å². The van der Waals surface area contributed by atoms with E-state index in [1.165, 1.54) is 0 Å². The van der Waals surface area contributed by atoms with Crippen LogP contribution in [-0.2, 0) is 23.1 Å². The fraction of sp³-hybridized carbons (Fsp3) is 1.00. The van der Waals surface area contributed by atoms with Crippen LogP contribution in [-0.4, -0.2) is 62.1 Å². The molecule has 0 saturated carbocycles. The molecule has 0 aliphatic carbocycles. The Kier molecular flexibility index (Phi) is 8.77. The highest BCUT2D eigenvalue weighted by atomic mass is 28.4. The molecule has 0 spiro atoms. The molecule has 0 amide bonds. The monoisotopic (exact) mass is 420 g/mol. The van der Waals surface area contributed by atoms with Gasteiger partial charge in [-0.15, -0.1) is 0 Å². The van der Waals surface area contributed by atoms with Gasteiger partial charge in [-0.25, -0.2) is 0 Å². The van der Waals surface area contributed by atoms with Gasteiger partial charge >= 0.3 is 0 Å². The second kappa shape index (κ2) is 9.36. The lowest BCUT2D eigenvalue weighted by Crippen LogP contribution is -2.52. The van der Waals surface area contributed by atoms with Crippen molar-refractivity contribution in [2.45, 2.75) is 103 Å². The van der Waals surface area contributed by atoms with Gasteiger partial charge in [-0.2, -0.15) is 0 Å². The lowest BCUT2D eigenvalue weighted by Gasteiger charge is -2.44. The average Bonchev–Trinajstić information content (AvgIpc) is 2.47. The van der Waals surface area contributed by atoms with Gasteiger partial charge in [0.25, 0.3) is 0 Å². The highest BCUT2D eigenvalue weighted by molar-refractivity contribution is 6.74. The van der Waals surface area contributed by atoms with Crippen molar-refractivity contribution in [1.29, 1.82) is 0 Å². The Morgan fingerprint density at radius 3 is 1.96 bits per heavy atom. The first-order valence-electron chi connectivity index (χ1n) is 10.2. The Morgan fingerprint density at radius 2 is 1.48 bits per heavy atom. The molecule has 0 bridgehead atoms. The molecule has 1 rings (SSSR count). The predicted octanol–water partition coefficient (Wildman–Crippen LogP) is 5.18. The fourth-order valence-corrected chi connectivity index (χ4v) is 4.75. The second-order valence-corrected chi connectivity index (χ2v) is 20.3. The zero-order valence-corrected chi connectivity index (χ0v) is 21.6. The number of hydrogen-bond acceptors (Lipinski definition) is 5. The summed E-state index contributed by atoms with van der Waals surface area (Å²) in [5.41, 5.74) is 0. The third-order valence-corrected chi connectivity index (χ3v) is 15.5. The van der Waals surface area contributed by atoms with E-state index in [1.807, 2.05) is 0 Å². The van der Waals surface area contributed by atoms with Crippen molar-refractivity contribution in [3.8, 4) is 0 Å². The molecule has 27 heavy (non-hydrogen) atoms. The molecule has 162 valence electrons. The minimum atomic E-state index is -1.94. The molecule has 1 aliphatic rings. The molecule has 1 fully saturated rings. The van der Waals surface area contributed by atoms with Crippen molar-refractivity contribution in [1.82, 2.24) is 0 Å². The van der Waals surface area contributed by atoms with Crippen LogP contribution in [0.3, 0.4) is 0 Å². The summed E-state index contributed by atoms with van der Waals surface area (Å²) >= 11 is 0. The van der Waals surface area contributed by atoms with Crippen molar-refractivity contribution in [3.05, 3.63) is 0 Å². The molecule has 0 N–H and O–H groups in total. The van der Waals surface area contributed by atoms with E-state index in [4.69, 9.17) is 23.1 Å². The van der Waals surface area contributed by atoms with Crippen molar-refractivity contribution in [3.63, 3.8) is 0 Å². The Hall–Kier alpha value is 0.234. The van der Waals surface area contributed by atoms with Crippen molar-refractivity contribution >= 4 is 16.6 Å². The minimum absolute atomic E-state index is 0.0476. The van der Waals surface area contributed by atoms with E-state index in [2.05, 4.69) is 67.7 Å². The summed E-state index contributed by atoms with van der Waals surface area (Å²) in [5, 5.41) is 0.301. The number of rotatable bonds is 6. The SMILES string of the molecule is COC1COCC[C@H](O[Si](C)(C)C(C)(C)C)[C@@H](CO[Si](C)(C)C(C)(C)C)O1. The van der Waals surface area contributed by atoms with E-state index in [-0.39, 0.29) is 28.6 Å². The topological polar surface area (TPSA) is 46.2 Å². The summed E-state index contributed by atoms with van der Waals surface area (Å²) in [6, 6.07) is 0. The Labute approximate surface area is 169 Å². The van der Waals surface area contributed by atoms with Crippen LogP contribution in [0.1, 0.15) is 48.0 Å². The summed E-state index contributed by atoms with van der Waals surface area (Å²) in [4.78, 5) is 0. The number of ether oxygens (including phenoxy) is 3. The van der Waals surface area contributed by atoms with Gasteiger partial charge in [0.2, 0.25) is 0 Å². The lowest BCUT2D eigenvalue weighted by atomic mass is 10.1. The highest BCUT2D eigenvalue weighted by Gasteiger charge is 2.43. The third-order valence-electron chi connectivity index (χ3n) is 6.47. The molecule has 3 atom stereocenters. The van der Waals surface area contributed by atoms with Gasteiger partial charge in [-0.3, -0.25) is 0 Å². The molecule has 0 aromatic heterocycles. The van der Waals surface area contributed by atoms with E-state index in [0.717, 1.165) is 6.42 Å². The van der Waals surface area contributed by atoms with E-state index in [9.17, 15) is 0 Å². The first kappa shape index (κ1) is 25.3. The molecule has 1 saturated heterocycles. The van der Waals surface area contributed by atoms with Crippen LogP contribution in [0.2, 0.25) is 36.3 Å². The third kappa shape index (κ3) is 7.21. The molecule has 1 heterocycles. The second-order valence-electron chi connectivity index (χ2n) is 10.7. The molecule has 7 heteroatoms. The Balaban J connectivity index is 3.00. The van der Waals surface area contributed by atoms with Gasteiger partial charge in [0.1, 0.15) is 6.10 Å². The lowest BCUT2D eigenvalue weighted by molar-refractivity contribution is -0.220. The van der Waals surface area contributed by atoms with Crippen LogP contribution < -0.4 is 0 Å². The zero-order chi connectivity index (χ0) is 21.1. The maximum absolute atomic E-state index is 6.75. The molecule has 1 unspecified atom stereocenters.